The van der Waals surface area contributed by atoms with Crippen LogP contribution in [-0.2, 0) is 19.8 Å². The van der Waals surface area contributed by atoms with Gasteiger partial charge in [-0.3, -0.25) is 14.3 Å². The Kier molecular flexibility index (Phi) is 7.13. The van der Waals surface area contributed by atoms with Crippen molar-refractivity contribution in [3.63, 3.8) is 0 Å². The van der Waals surface area contributed by atoms with Crippen LogP contribution in [0.2, 0.25) is 5.02 Å². The summed E-state index contributed by atoms with van der Waals surface area (Å²) in [6.07, 6.45) is -7.07. The molecule has 1 aliphatic heterocycles. The maximum atomic E-state index is 13.5. The SMILES string of the molecule is Cn1c(-c2cn(CC(F)F)nc2C(F)(F)F)cnc1C(=O)Nc1ccc(C(=O)N[C@H]2[C@@H]3CN(C(=O)O)C[C@@H]32)c(Cl)c1. The highest BCUT2D eigenvalue weighted by Crippen LogP contribution is 2.45. The van der Waals surface area contributed by atoms with Crippen LogP contribution < -0.4 is 10.6 Å². The molecule has 0 bridgehead atoms. The van der Waals surface area contributed by atoms with Gasteiger partial charge in [0.05, 0.1) is 28.0 Å². The molecule has 3 aromatic rings. The van der Waals surface area contributed by atoms with Crippen molar-refractivity contribution in [3.8, 4) is 11.3 Å². The van der Waals surface area contributed by atoms with E-state index in [-0.39, 0.29) is 45.7 Å². The Bertz CT molecular complexity index is 1530. The molecule has 3 atom stereocenters. The number of halogens is 6. The topological polar surface area (TPSA) is 134 Å². The minimum absolute atomic E-state index is 0.0139. The number of carboxylic acid groups (broad SMARTS) is 1. The summed E-state index contributed by atoms with van der Waals surface area (Å²) < 4.78 is 67.6. The summed E-state index contributed by atoms with van der Waals surface area (Å²) in [6.45, 7) is -0.365. The molecule has 0 unspecified atom stereocenters. The van der Waals surface area contributed by atoms with Crippen LogP contribution in [0.5, 0.6) is 0 Å². The van der Waals surface area contributed by atoms with E-state index in [1.165, 1.54) is 30.1 Å². The highest BCUT2D eigenvalue weighted by Gasteiger charge is 2.57. The van der Waals surface area contributed by atoms with Crippen molar-refractivity contribution in [2.24, 2.45) is 18.9 Å². The van der Waals surface area contributed by atoms with Crippen LogP contribution in [0, 0.1) is 11.8 Å². The molecule has 2 aromatic heterocycles. The monoisotopic (exact) mass is 601 g/mol. The lowest BCUT2D eigenvalue weighted by Gasteiger charge is -2.16. The number of carbonyl (C=O) groups excluding carboxylic acids is 2. The number of nitrogens with zero attached hydrogens (tertiary/aromatic N) is 5. The van der Waals surface area contributed by atoms with E-state index in [4.69, 9.17) is 16.7 Å². The number of alkyl halides is 5. The fourth-order valence-corrected chi connectivity index (χ4v) is 5.28. The number of imidazole rings is 1. The number of carbonyl (C=O) groups is 3. The molecular weight excluding hydrogens is 581 g/mol. The zero-order valence-corrected chi connectivity index (χ0v) is 21.7. The maximum absolute atomic E-state index is 13.5. The second kappa shape index (κ2) is 10.3. The lowest BCUT2D eigenvalue weighted by atomic mass is 10.2. The summed E-state index contributed by atoms with van der Waals surface area (Å²) in [5.74, 6) is -1.48. The molecule has 1 aliphatic carbocycles. The Balaban J connectivity index is 1.27. The summed E-state index contributed by atoms with van der Waals surface area (Å²) in [7, 11) is 1.28. The van der Waals surface area contributed by atoms with Crippen molar-refractivity contribution in [3.05, 3.63) is 52.7 Å². The van der Waals surface area contributed by atoms with Crippen molar-refractivity contribution < 1.29 is 41.4 Å². The van der Waals surface area contributed by atoms with Crippen molar-refractivity contribution >= 4 is 35.2 Å². The van der Waals surface area contributed by atoms with E-state index in [9.17, 15) is 36.3 Å². The minimum atomic E-state index is -4.95. The van der Waals surface area contributed by atoms with Gasteiger partial charge in [-0.15, -0.1) is 0 Å². The van der Waals surface area contributed by atoms with Crippen LogP contribution in [0.3, 0.4) is 0 Å². The van der Waals surface area contributed by atoms with Gasteiger partial charge < -0.3 is 25.2 Å². The number of likely N-dealkylation sites (tertiary alicyclic amines) is 1. The quantitative estimate of drug-likeness (QED) is 0.353. The van der Waals surface area contributed by atoms with Crippen LogP contribution >= 0.6 is 11.6 Å². The van der Waals surface area contributed by atoms with E-state index >= 15 is 0 Å². The van der Waals surface area contributed by atoms with E-state index in [2.05, 4.69) is 20.7 Å². The summed E-state index contributed by atoms with van der Waals surface area (Å²) >= 11 is 6.27. The number of amides is 3. The molecule has 0 radical (unpaired) electrons. The van der Waals surface area contributed by atoms with Gasteiger partial charge in [-0.05, 0) is 18.2 Å². The first-order chi connectivity index (χ1) is 19.2. The van der Waals surface area contributed by atoms with Gasteiger partial charge in [-0.1, -0.05) is 11.6 Å². The van der Waals surface area contributed by atoms with E-state index in [1.54, 1.807) is 0 Å². The summed E-state index contributed by atoms with van der Waals surface area (Å²) in [5, 5.41) is 17.6. The molecule has 41 heavy (non-hydrogen) atoms. The fraction of sp³-hybridized carbons (Fsp3) is 0.375. The fourth-order valence-electron chi connectivity index (χ4n) is 5.01. The van der Waals surface area contributed by atoms with Gasteiger partial charge in [-0.2, -0.15) is 18.3 Å². The van der Waals surface area contributed by atoms with Gasteiger partial charge in [0.15, 0.2) is 11.5 Å². The molecule has 1 aromatic carbocycles. The average molecular weight is 602 g/mol. The number of hydrogen-bond acceptors (Lipinski definition) is 5. The van der Waals surface area contributed by atoms with E-state index in [0.717, 1.165) is 17.0 Å². The highest BCUT2D eigenvalue weighted by molar-refractivity contribution is 6.34. The van der Waals surface area contributed by atoms with Crippen LogP contribution in [0.1, 0.15) is 26.7 Å². The van der Waals surface area contributed by atoms with E-state index in [0.29, 0.717) is 17.8 Å². The number of hydrogen-bond donors (Lipinski definition) is 3. The Labute approximate surface area is 232 Å². The van der Waals surface area contributed by atoms with E-state index in [1.807, 2.05) is 0 Å². The lowest BCUT2D eigenvalue weighted by Crippen LogP contribution is -2.36. The number of benzene rings is 1. The first-order valence-electron chi connectivity index (χ1n) is 12.1. The first kappa shape index (κ1) is 28.3. The van der Waals surface area contributed by atoms with Gasteiger partial charge in [0.25, 0.3) is 18.2 Å². The average Bonchev–Trinajstić information content (AvgIpc) is 3.28. The second-order valence-corrected chi connectivity index (χ2v) is 10.1. The summed E-state index contributed by atoms with van der Waals surface area (Å²) in [4.78, 5) is 41.8. The molecule has 1 saturated carbocycles. The third-order valence-corrected chi connectivity index (χ3v) is 7.37. The highest BCUT2D eigenvalue weighted by atomic mass is 35.5. The molecule has 3 N–H and O–H groups in total. The van der Waals surface area contributed by atoms with Crippen molar-refractivity contribution in [1.29, 1.82) is 0 Å². The van der Waals surface area contributed by atoms with Crippen LogP contribution in [0.4, 0.5) is 32.4 Å². The number of nitrogens with one attached hydrogen (secondary N) is 2. The lowest BCUT2D eigenvalue weighted by molar-refractivity contribution is -0.141. The maximum Gasteiger partial charge on any atom is 0.435 e. The number of rotatable bonds is 7. The van der Waals surface area contributed by atoms with Crippen LogP contribution in [-0.4, -0.2) is 72.8 Å². The largest absolute Gasteiger partial charge is 0.465 e. The Hall–Kier alpha value is -4.21. The van der Waals surface area contributed by atoms with Crippen molar-refractivity contribution in [2.75, 3.05) is 18.4 Å². The molecule has 0 spiro atoms. The van der Waals surface area contributed by atoms with Crippen LogP contribution in [0.15, 0.2) is 30.6 Å². The molecule has 218 valence electrons. The predicted octanol–water partition coefficient (Wildman–Crippen LogP) is 3.81. The number of aromatic nitrogens is 4. The smallest absolute Gasteiger partial charge is 0.435 e. The predicted molar refractivity (Wildman–Crippen MR) is 133 cm³/mol. The third-order valence-electron chi connectivity index (χ3n) is 7.06. The molecule has 17 heteroatoms. The molecule has 2 aliphatic rings. The third kappa shape index (κ3) is 5.55. The molecule has 5 rings (SSSR count). The Morgan fingerprint density at radius 2 is 1.85 bits per heavy atom. The first-order valence-corrected chi connectivity index (χ1v) is 12.5. The van der Waals surface area contributed by atoms with Gasteiger partial charge in [0, 0.05) is 49.9 Å². The van der Waals surface area contributed by atoms with Gasteiger partial charge in [-0.25, -0.2) is 18.6 Å². The Morgan fingerprint density at radius 3 is 2.44 bits per heavy atom. The standard InChI is InChI=1S/C24H21ClF5N7O4/c1-35-16(14-8-37(9-17(26)27)34-19(14)24(28,29)30)5-31-20(35)22(39)32-10-2-3-11(15(25)4-10)21(38)33-18-12-6-36(23(40)41)7-13(12)18/h2-5,8,12-13,17-18H,6-7,9H2,1H3,(H,32,39)(H,33,38)(H,40,41)/t12-,13+,18+. The molecule has 2 fully saturated rings. The molecule has 3 heterocycles. The number of piperidine rings is 1. The summed E-state index contributed by atoms with van der Waals surface area (Å²) in [6, 6.07) is 3.94. The van der Waals surface area contributed by atoms with Crippen molar-refractivity contribution in [2.45, 2.75) is 25.2 Å². The molecule has 11 nitrogen and oxygen atoms in total. The summed E-state index contributed by atoms with van der Waals surface area (Å²) in [5.41, 5.74) is -1.81. The minimum Gasteiger partial charge on any atom is -0.465 e. The normalized spacial score (nSPS) is 19.8. The van der Waals surface area contributed by atoms with E-state index < -0.39 is 48.3 Å². The van der Waals surface area contributed by atoms with Crippen molar-refractivity contribution in [1.82, 2.24) is 29.5 Å². The zero-order chi connectivity index (χ0) is 29.8. The molecule has 3 amide bonds. The number of anilines is 1. The van der Waals surface area contributed by atoms with Gasteiger partial charge in [0.2, 0.25) is 0 Å². The second-order valence-electron chi connectivity index (χ2n) is 9.69. The Morgan fingerprint density at radius 1 is 1.17 bits per heavy atom. The number of fused-ring (bicyclic) bond motifs is 1. The molecular formula is C24H21ClF5N7O4. The molecule has 1 saturated heterocycles. The zero-order valence-electron chi connectivity index (χ0n) is 21.0. The van der Waals surface area contributed by atoms with Gasteiger partial charge in [0.1, 0.15) is 6.54 Å². The van der Waals surface area contributed by atoms with Gasteiger partial charge >= 0.3 is 12.3 Å². The van der Waals surface area contributed by atoms with Crippen LogP contribution in [0.25, 0.3) is 11.3 Å².